The molecule has 38 heavy (non-hydrogen) atoms. The number of carbonyl (C=O) groups is 1. The molecule has 6 rings (SSSR count). The molecule has 2 N–H and O–H groups in total. The Morgan fingerprint density at radius 1 is 1.16 bits per heavy atom. The highest BCUT2D eigenvalue weighted by molar-refractivity contribution is 6.31. The first kappa shape index (κ1) is 25.1. The van der Waals surface area contributed by atoms with Gasteiger partial charge in [0, 0.05) is 54.0 Å². The molecule has 2 aliphatic rings. The number of nitrogens with one attached hydrogen (secondary N) is 1. The predicted octanol–water partition coefficient (Wildman–Crippen LogP) is 6.57. The van der Waals surface area contributed by atoms with Gasteiger partial charge in [0.1, 0.15) is 10.8 Å². The summed E-state index contributed by atoms with van der Waals surface area (Å²) >= 11 is 12.5. The minimum atomic E-state index is -2.69. The molecule has 1 atom stereocenters. The predicted molar refractivity (Wildman–Crippen MR) is 142 cm³/mol. The molecule has 1 aromatic carbocycles. The zero-order chi connectivity index (χ0) is 26.8. The molecule has 4 aromatic rings. The normalized spacial score (nSPS) is 18.2. The second kappa shape index (κ2) is 9.20. The Hall–Kier alpha value is -3.24. The molecule has 12 heteroatoms. The van der Waals surface area contributed by atoms with E-state index in [0.717, 1.165) is 23.9 Å². The lowest BCUT2D eigenvalue weighted by atomic mass is 10.0. The van der Waals surface area contributed by atoms with Crippen LogP contribution in [0.1, 0.15) is 66.3 Å². The largest absolute Gasteiger partial charge is 0.476 e. The van der Waals surface area contributed by atoms with Crippen LogP contribution in [-0.2, 0) is 0 Å². The average molecular weight is 561 g/mol. The number of carboxylic acids is 1. The Morgan fingerprint density at radius 3 is 2.58 bits per heavy atom. The van der Waals surface area contributed by atoms with Crippen molar-refractivity contribution in [1.29, 1.82) is 0 Å². The van der Waals surface area contributed by atoms with Gasteiger partial charge in [-0.1, -0.05) is 23.2 Å². The minimum absolute atomic E-state index is 0.0698. The average Bonchev–Trinajstić information content (AvgIpc) is 3.62. The number of alkyl halides is 2. The lowest BCUT2D eigenvalue weighted by molar-refractivity contribution is -0.0222. The van der Waals surface area contributed by atoms with E-state index >= 15 is 0 Å². The molecule has 1 aliphatic carbocycles. The highest BCUT2D eigenvalue weighted by Crippen LogP contribution is 2.42. The van der Waals surface area contributed by atoms with Crippen molar-refractivity contribution in [3.05, 3.63) is 57.6 Å². The number of benzene rings is 1. The van der Waals surface area contributed by atoms with Crippen LogP contribution >= 0.6 is 23.2 Å². The van der Waals surface area contributed by atoms with Gasteiger partial charge < -0.3 is 15.3 Å². The Bertz CT molecular complexity index is 1580. The summed E-state index contributed by atoms with van der Waals surface area (Å²) in [4.78, 5) is 27.5. The van der Waals surface area contributed by atoms with Crippen molar-refractivity contribution in [2.45, 2.75) is 50.5 Å². The first-order valence-corrected chi connectivity index (χ1v) is 13.2. The number of aromatic carboxylic acids is 1. The van der Waals surface area contributed by atoms with Gasteiger partial charge in [0.05, 0.1) is 22.9 Å². The lowest BCUT2D eigenvalue weighted by Gasteiger charge is -2.33. The molecule has 0 spiro atoms. The van der Waals surface area contributed by atoms with E-state index in [9.17, 15) is 18.7 Å². The standard InChI is InChI=1S/C26H24Cl2F2N6O2/c1-13(31-18-4-5-20(28)33-22(18)24(37)38)16-10-15(27)11-17-21(16)34-25(35-8-6-26(29,30)7-9-35)36-12-19(14-2-3-14)32-23(17)36/h4-5,10-14,31H,2-3,6-9H2,1H3,(H,37,38). The van der Waals surface area contributed by atoms with Crippen LogP contribution in [0.2, 0.25) is 10.2 Å². The van der Waals surface area contributed by atoms with Crippen molar-refractivity contribution in [2.75, 3.05) is 23.3 Å². The second-order valence-corrected chi connectivity index (χ2v) is 10.8. The van der Waals surface area contributed by atoms with Crippen LogP contribution in [0.25, 0.3) is 16.6 Å². The van der Waals surface area contributed by atoms with Crippen LogP contribution in [-0.4, -0.2) is 49.4 Å². The Labute approximate surface area is 226 Å². The van der Waals surface area contributed by atoms with Gasteiger partial charge in [0.2, 0.25) is 5.95 Å². The smallest absolute Gasteiger partial charge is 0.356 e. The SMILES string of the molecule is CC(Nc1ccc(Cl)nc1C(=O)O)c1cc(Cl)cc2c1nc(N1CCC(F)(F)CC1)n1cc(C3CC3)nc21. The van der Waals surface area contributed by atoms with Gasteiger partial charge in [0.25, 0.3) is 5.92 Å². The summed E-state index contributed by atoms with van der Waals surface area (Å²) in [5.41, 5.74) is 3.03. The topological polar surface area (TPSA) is 95.6 Å². The fraction of sp³-hybridized carbons (Fsp3) is 0.385. The fourth-order valence-electron chi connectivity index (χ4n) is 5.00. The Morgan fingerprint density at radius 2 is 1.89 bits per heavy atom. The van der Waals surface area contributed by atoms with Gasteiger partial charge >= 0.3 is 5.97 Å². The van der Waals surface area contributed by atoms with Crippen molar-refractivity contribution in [1.82, 2.24) is 19.4 Å². The number of pyridine rings is 1. The molecule has 1 aliphatic heterocycles. The summed E-state index contributed by atoms with van der Waals surface area (Å²) < 4.78 is 29.8. The highest BCUT2D eigenvalue weighted by Gasteiger charge is 2.36. The monoisotopic (exact) mass is 560 g/mol. The molecule has 0 radical (unpaired) electrons. The lowest BCUT2D eigenvalue weighted by Crippen LogP contribution is -2.40. The summed E-state index contributed by atoms with van der Waals surface area (Å²) in [7, 11) is 0. The van der Waals surface area contributed by atoms with E-state index in [2.05, 4.69) is 10.3 Å². The number of imidazole rings is 1. The summed E-state index contributed by atoms with van der Waals surface area (Å²) in [5.74, 6) is -2.97. The van der Waals surface area contributed by atoms with Gasteiger partial charge in [-0.2, -0.15) is 0 Å². The molecular weight excluding hydrogens is 537 g/mol. The van der Waals surface area contributed by atoms with E-state index in [1.165, 1.54) is 6.07 Å². The third-order valence-electron chi connectivity index (χ3n) is 7.17. The second-order valence-electron chi connectivity index (χ2n) is 9.98. The van der Waals surface area contributed by atoms with E-state index in [0.29, 0.717) is 39.3 Å². The van der Waals surface area contributed by atoms with E-state index in [1.807, 2.05) is 22.4 Å². The van der Waals surface area contributed by atoms with Crippen LogP contribution < -0.4 is 10.2 Å². The molecule has 0 amide bonds. The summed E-state index contributed by atoms with van der Waals surface area (Å²) in [6, 6.07) is 6.20. The minimum Gasteiger partial charge on any atom is -0.476 e. The van der Waals surface area contributed by atoms with Crippen molar-refractivity contribution >= 4 is 57.4 Å². The van der Waals surface area contributed by atoms with E-state index < -0.39 is 17.9 Å². The molecule has 2 fully saturated rings. The third kappa shape index (κ3) is 4.60. The molecule has 3 aromatic heterocycles. The zero-order valence-electron chi connectivity index (χ0n) is 20.4. The molecule has 198 valence electrons. The number of piperidine rings is 1. The number of rotatable bonds is 6. The molecule has 1 saturated heterocycles. The van der Waals surface area contributed by atoms with Crippen LogP contribution in [0.15, 0.2) is 30.5 Å². The van der Waals surface area contributed by atoms with Gasteiger partial charge in [-0.25, -0.2) is 28.5 Å². The van der Waals surface area contributed by atoms with Crippen molar-refractivity contribution in [3.8, 4) is 0 Å². The van der Waals surface area contributed by atoms with Crippen LogP contribution in [0.4, 0.5) is 20.4 Å². The number of nitrogens with zero attached hydrogens (tertiary/aromatic N) is 5. The van der Waals surface area contributed by atoms with Crippen LogP contribution in [0, 0.1) is 0 Å². The highest BCUT2D eigenvalue weighted by atomic mass is 35.5. The van der Waals surface area contributed by atoms with Crippen LogP contribution in [0.5, 0.6) is 0 Å². The van der Waals surface area contributed by atoms with E-state index in [1.54, 1.807) is 18.2 Å². The number of hydrogen-bond donors (Lipinski definition) is 2. The molecule has 1 saturated carbocycles. The number of carboxylic acid groups (broad SMARTS) is 1. The summed E-state index contributed by atoms with van der Waals surface area (Å²) in [6.45, 7) is 2.21. The Kier molecular flexibility index (Phi) is 6.07. The third-order valence-corrected chi connectivity index (χ3v) is 7.60. The van der Waals surface area contributed by atoms with Crippen molar-refractivity contribution in [3.63, 3.8) is 0 Å². The maximum absolute atomic E-state index is 14.0. The van der Waals surface area contributed by atoms with Gasteiger partial charge in [-0.15, -0.1) is 0 Å². The number of anilines is 2. The zero-order valence-corrected chi connectivity index (χ0v) is 21.9. The van der Waals surface area contributed by atoms with E-state index in [4.69, 9.17) is 33.2 Å². The van der Waals surface area contributed by atoms with E-state index in [-0.39, 0.29) is 36.8 Å². The number of fused-ring (bicyclic) bond motifs is 3. The van der Waals surface area contributed by atoms with Gasteiger partial charge in [0.15, 0.2) is 5.69 Å². The number of aromatic nitrogens is 4. The maximum atomic E-state index is 14.0. The number of halogens is 4. The quantitative estimate of drug-likeness (QED) is 0.257. The first-order valence-electron chi connectivity index (χ1n) is 12.4. The molecule has 0 bridgehead atoms. The van der Waals surface area contributed by atoms with Crippen molar-refractivity contribution < 1.29 is 18.7 Å². The molecule has 8 nitrogen and oxygen atoms in total. The maximum Gasteiger partial charge on any atom is 0.356 e. The molecule has 4 heterocycles. The first-order chi connectivity index (χ1) is 18.1. The summed E-state index contributed by atoms with van der Waals surface area (Å²) in [5, 5.41) is 14.1. The van der Waals surface area contributed by atoms with Crippen LogP contribution in [0.3, 0.4) is 0 Å². The number of hydrogen-bond acceptors (Lipinski definition) is 6. The van der Waals surface area contributed by atoms with Crippen molar-refractivity contribution in [2.24, 2.45) is 0 Å². The van der Waals surface area contributed by atoms with Gasteiger partial charge in [-0.05, 0) is 44.0 Å². The Balaban J connectivity index is 1.49. The summed E-state index contributed by atoms with van der Waals surface area (Å²) in [6.07, 6.45) is 3.60. The molecular formula is C26H24Cl2F2N6O2. The molecule has 1 unspecified atom stereocenters. The van der Waals surface area contributed by atoms with Gasteiger partial charge in [-0.3, -0.25) is 4.40 Å². The fourth-order valence-corrected chi connectivity index (χ4v) is 5.37.